The second-order valence-corrected chi connectivity index (χ2v) is 3.65. The summed E-state index contributed by atoms with van der Waals surface area (Å²) in [7, 11) is 0. The smallest absolute Gasteiger partial charge is 0.182 e. The van der Waals surface area contributed by atoms with E-state index in [4.69, 9.17) is 5.26 Å². The van der Waals surface area contributed by atoms with Crippen molar-refractivity contribution in [3.05, 3.63) is 35.2 Å². The minimum absolute atomic E-state index is 0.793. The number of nitrogens with zero attached hydrogens (tertiary/aromatic N) is 3. The Labute approximate surface area is 96.9 Å². The zero-order chi connectivity index (χ0) is 11.2. The molecule has 0 fully saturated rings. The molecule has 1 heterocycles. The summed E-state index contributed by atoms with van der Waals surface area (Å²) in [6.45, 7) is 0. The Bertz CT molecular complexity index is 508. The number of rotatable bonds is 3. The first-order valence-corrected chi connectivity index (χ1v) is 5.50. The van der Waals surface area contributed by atoms with Crippen molar-refractivity contribution in [3.63, 3.8) is 0 Å². The van der Waals surface area contributed by atoms with E-state index in [9.17, 15) is 0 Å². The van der Waals surface area contributed by atoms with Crippen LogP contribution in [0.3, 0.4) is 0 Å². The van der Waals surface area contributed by atoms with Gasteiger partial charge in [-0.15, -0.1) is 11.3 Å². The second-order valence-electron chi connectivity index (χ2n) is 2.93. The molecule has 2 aromatic rings. The molecule has 0 bridgehead atoms. The standard InChI is InChI=1S/C11H8N4S/c12-6-13-7-14-10-3-1-9(2-4-10)11-5-16-8-15-11/h1-5,7-8H,(H,13,14). The van der Waals surface area contributed by atoms with Crippen molar-refractivity contribution in [2.24, 2.45) is 4.99 Å². The highest BCUT2D eigenvalue weighted by Crippen LogP contribution is 2.21. The molecule has 0 amide bonds. The van der Waals surface area contributed by atoms with Crippen LogP contribution in [0.5, 0.6) is 0 Å². The van der Waals surface area contributed by atoms with Gasteiger partial charge in [0.05, 0.1) is 16.9 Å². The first kappa shape index (κ1) is 10.3. The van der Waals surface area contributed by atoms with Gasteiger partial charge >= 0.3 is 0 Å². The van der Waals surface area contributed by atoms with Crippen LogP contribution in [0.4, 0.5) is 5.69 Å². The van der Waals surface area contributed by atoms with Gasteiger partial charge in [0, 0.05) is 10.9 Å². The lowest BCUT2D eigenvalue weighted by atomic mass is 10.1. The monoisotopic (exact) mass is 228 g/mol. The largest absolute Gasteiger partial charge is 0.283 e. The van der Waals surface area contributed by atoms with E-state index >= 15 is 0 Å². The van der Waals surface area contributed by atoms with Crippen molar-refractivity contribution in [1.82, 2.24) is 10.3 Å². The number of hydrogen-bond acceptors (Lipinski definition) is 4. The van der Waals surface area contributed by atoms with E-state index < -0.39 is 0 Å². The summed E-state index contributed by atoms with van der Waals surface area (Å²) in [4.78, 5) is 8.26. The van der Waals surface area contributed by atoms with Crippen LogP contribution < -0.4 is 5.32 Å². The molecule has 0 aliphatic carbocycles. The Morgan fingerprint density at radius 3 is 2.81 bits per heavy atom. The van der Waals surface area contributed by atoms with Crippen molar-refractivity contribution in [1.29, 1.82) is 5.26 Å². The number of benzene rings is 1. The molecule has 0 aliphatic heterocycles. The average molecular weight is 228 g/mol. The fourth-order valence-corrected chi connectivity index (χ4v) is 1.77. The van der Waals surface area contributed by atoms with E-state index in [1.807, 2.05) is 29.6 Å². The normalized spacial score (nSPS) is 10.2. The molecular weight excluding hydrogens is 220 g/mol. The van der Waals surface area contributed by atoms with E-state index in [1.165, 1.54) is 6.34 Å². The predicted molar refractivity (Wildman–Crippen MR) is 64.5 cm³/mol. The summed E-state index contributed by atoms with van der Waals surface area (Å²) in [5, 5.41) is 12.6. The van der Waals surface area contributed by atoms with Gasteiger partial charge in [0.2, 0.25) is 0 Å². The molecule has 0 radical (unpaired) electrons. The summed E-state index contributed by atoms with van der Waals surface area (Å²) in [5.74, 6) is 0. The van der Waals surface area contributed by atoms with Crippen LogP contribution in [0.25, 0.3) is 11.3 Å². The van der Waals surface area contributed by atoms with E-state index in [-0.39, 0.29) is 0 Å². The van der Waals surface area contributed by atoms with Crippen molar-refractivity contribution in [2.75, 3.05) is 0 Å². The zero-order valence-electron chi connectivity index (χ0n) is 8.29. The second kappa shape index (κ2) is 5.05. The van der Waals surface area contributed by atoms with Crippen LogP contribution in [0, 0.1) is 11.5 Å². The van der Waals surface area contributed by atoms with Gasteiger partial charge in [0.15, 0.2) is 6.19 Å². The van der Waals surface area contributed by atoms with Gasteiger partial charge in [0.25, 0.3) is 0 Å². The van der Waals surface area contributed by atoms with Crippen molar-refractivity contribution in [2.45, 2.75) is 0 Å². The van der Waals surface area contributed by atoms with Crippen molar-refractivity contribution >= 4 is 23.4 Å². The van der Waals surface area contributed by atoms with Crippen molar-refractivity contribution < 1.29 is 0 Å². The Morgan fingerprint density at radius 2 is 2.19 bits per heavy atom. The highest BCUT2D eigenvalue weighted by atomic mass is 32.1. The van der Waals surface area contributed by atoms with Gasteiger partial charge in [-0.1, -0.05) is 12.1 Å². The first-order valence-electron chi connectivity index (χ1n) is 4.56. The van der Waals surface area contributed by atoms with Crippen LogP contribution in [0.2, 0.25) is 0 Å². The summed E-state index contributed by atoms with van der Waals surface area (Å²) >= 11 is 1.57. The zero-order valence-corrected chi connectivity index (χ0v) is 9.11. The van der Waals surface area contributed by atoms with Gasteiger partial charge in [-0.25, -0.2) is 9.98 Å². The Morgan fingerprint density at radius 1 is 1.38 bits per heavy atom. The third-order valence-electron chi connectivity index (χ3n) is 1.94. The number of thiazole rings is 1. The molecule has 16 heavy (non-hydrogen) atoms. The molecule has 0 unspecified atom stereocenters. The molecule has 5 heteroatoms. The molecule has 1 aromatic heterocycles. The summed E-state index contributed by atoms with van der Waals surface area (Å²) < 4.78 is 0. The molecule has 4 nitrogen and oxygen atoms in total. The lowest BCUT2D eigenvalue weighted by Crippen LogP contribution is -1.98. The minimum atomic E-state index is 0.793. The van der Waals surface area contributed by atoms with Gasteiger partial charge in [-0.2, -0.15) is 5.26 Å². The van der Waals surface area contributed by atoms with E-state index in [0.717, 1.165) is 16.9 Å². The van der Waals surface area contributed by atoms with Crippen LogP contribution in [0.15, 0.2) is 40.1 Å². The molecule has 1 N–H and O–H groups in total. The maximum Gasteiger partial charge on any atom is 0.182 e. The fraction of sp³-hybridized carbons (Fsp3) is 0. The maximum absolute atomic E-state index is 8.25. The van der Waals surface area contributed by atoms with Crippen LogP contribution in [-0.4, -0.2) is 11.3 Å². The van der Waals surface area contributed by atoms with E-state index in [1.54, 1.807) is 23.0 Å². The first-order chi connectivity index (χ1) is 7.90. The molecule has 0 saturated heterocycles. The highest BCUT2D eigenvalue weighted by molar-refractivity contribution is 7.07. The quantitative estimate of drug-likeness (QED) is 0.380. The number of aliphatic imine (C=N–C) groups is 1. The minimum Gasteiger partial charge on any atom is -0.283 e. The SMILES string of the molecule is N#CNC=Nc1ccc(-c2cscn2)cc1. The third-order valence-corrected chi connectivity index (χ3v) is 2.52. The molecule has 0 atom stereocenters. The Balaban J connectivity index is 2.14. The Hall–Kier alpha value is -2.19. The van der Waals surface area contributed by atoms with Crippen LogP contribution >= 0.6 is 11.3 Å². The number of nitriles is 1. The third kappa shape index (κ3) is 2.43. The topological polar surface area (TPSA) is 61.1 Å². The van der Waals surface area contributed by atoms with Gasteiger partial charge in [-0.05, 0) is 12.1 Å². The highest BCUT2D eigenvalue weighted by Gasteiger charge is 1.98. The lowest BCUT2D eigenvalue weighted by Gasteiger charge is -1.97. The fourth-order valence-electron chi connectivity index (χ4n) is 1.21. The molecule has 78 valence electrons. The molecule has 1 aromatic carbocycles. The van der Waals surface area contributed by atoms with E-state index in [2.05, 4.69) is 15.3 Å². The van der Waals surface area contributed by atoms with Gasteiger partial charge in [-0.3, -0.25) is 5.32 Å². The maximum atomic E-state index is 8.25. The number of hydrogen-bond donors (Lipinski definition) is 1. The summed E-state index contributed by atoms with van der Waals surface area (Å²) in [5.41, 5.74) is 4.63. The molecule has 0 saturated carbocycles. The average Bonchev–Trinajstić information content (AvgIpc) is 2.84. The van der Waals surface area contributed by atoms with E-state index in [0.29, 0.717) is 0 Å². The van der Waals surface area contributed by atoms with Gasteiger partial charge < -0.3 is 0 Å². The lowest BCUT2D eigenvalue weighted by molar-refractivity contribution is 1.29. The number of nitrogens with one attached hydrogen (secondary N) is 1. The van der Waals surface area contributed by atoms with Crippen LogP contribution in [0.1, 0.15) is 0 Å². The summed E-state index contributed by atoms with van der Waals surface area (Å²) in [6.07, 6.45) is 3.12. The van der Waals surface area contributed by atoms with Crippen molar-refractivity contribution in [3.8, 4) is 17.5 Å². The number of aromatic nitrogens is 1. The molecular formula is C11H8N4S. The molecule has 0 spiro atoms. The summed E-state index contributed by atoms with van der Waals surface area (Å²) in [6, 6.07) is 7.66. The Kier molecular flexibility index (Phi) is 3.26. The molecule has 2 rings (SSSR count). The molecule has 0 aliphatic rings. The van der Waals surface area contributed by atoms with Gasteiger partial charge in [0.1, 0.15) is 6.34 Å². The van der Waals surface area contributed by atoms with Crippen LogP contribution in [-0.2, 0) is 0 Å². The predicted octanol–water partition coefficient (Wildman–Crippen LogP) is 2.54.